The number of methoxy groups -OCH3 is 1. The first-order chi connectivity index (χ1) is 7.72. The standard InChI is InChI=1S/C10H15IN4O/c1-16-6-7-8(11)9(12)14-10(13-7)15-4-2-3-5-15/h2-6H2,1H3,(H2,12,13,14). The maximum absolute atomic E-state index is 5.88. The lowest BCUT2D eigenvalue weighted by atomic mass is 10.4. The highest BCUT2D eigenvalue weighted by Crippen LogP contribution is 2.22. The average Bonchev–Trinajstić information content (AvgIpc) is 2.78. The van der Waals surface area contributed by atoms with E-state index < -0.39 is 0 Å². The molecular weight excluding hydrogens is 319 g/mol. The zero-order valence-electron chi connectivity index (χ0n) is 9.24. The fourth-order valence-electron chi connectivity index (χ4n) is 1.79. The van der Waals surface area contributed by atoms with Crippen molar-refractivity contribution in [1.29, 1.82) is 0 Å². The Kier molecular flexibility index (Phi) is 3.80. The molecule has 0 aliphatic carbocycles. The van der Waals surface area contributed by atoms with Gasteiger partial charge in [0.25, 0.3) is 0 Å². The summed E-state index contributed by atoms with van der Waals surface area (Å²) in [5.74, 6) is 1.28. The second-order valence-electron chi connectivity index (χ2n) is 3.80. The van der Waals surface area contributed by atoms with Crippen molar-refractivity contribution < 1.29 is 4.74 Å². The van der Waals surface area contributed by atoms with E-state index in [1.165, 1.54) is 12.8 Å². The average molecular weight is 334 g/mol. The second kappa shape index (κ2) is 5.13. The highest BCUT2D eigenvalue weighted by molar-refractivity contribution is 14.1. The van der Waals surface area contributed by atoms with Gasteiger partial charge in [0.1, 0.15) is 5.82 Å². The predicted molar refractivity (Wildman–Crippen MR) is 71.3 cm³/mol. The molecule has 2 heterocycles. The van der Waals surface area contributed by atoms with Crippen molar-refractivity contribution in [3.05, 3.63) is 9.26 Å². The molecule has 0 aromatic carbocycles. The van der Waals surface area contributed by atoms with Crippen LogP contribution in [0, 0.1) is 3.57 Å². The van der Waals surface area contributed by atoms with Gasteiger partial charge in [0.05, 0.1) is 15.9 Å². The fraction of sp³-hybridized carbons (Fsp3) is 0.600. The minimum atomic E-state index is 0.478. The van der Waals surface area contributed by atoms with Crippen molar-refractivity contribution in [1.82, 2.24) is 9.97 Å². The van der Waals surface area contributed by atoms with Crippen LogP contribution in [0.25, 0.3) is 0 Å². The molecule has 0 bridgehead atoms. The van der Waals surface area contributed by atoms with E-state index in [1.807, 2.05) is 0 Å². The summed E-state index contributed by atoms with van der Waals surface area (Å²) in [5.41, 5.74) is 6.75. The number of nitrogen functional groups attached to an aromatic ring is 1. The van der Waals surface area contributed by atoms with Gasteiger partial charge in [-0.2, -0.15) is 4.98 Å². The number of rotatable bonds is 3. The van der Waals surface area contributed by atoms with E-state index in [2.05, 4.69) is 37.5 Å². The van der Waals surface area contributed by atoms with Crippen molar-refractivity contribution in [2.75, 3.05) is 30.8 Å². The fourth-order valence-corrected chi connectivity index (χ4v) is 2.19. The second-order valence-corrected chi connectivity index (χ2v) is 4.88. The molecule has 2 N–H and O–H groups in total. The summed E-state index contributed by atoms with van der Waals surface area (Å²) in [4.78, 5) is 11.0. The third-order valence-electron chi connectivity index (χ3n) is 2.60. The van der Waals surface area contributed by atoms with Gasteiger partial charge < -0.3 is 15.4 Å². The minimum absolute atomic E-state index is 0.478. The van der Waals surface area contributed by atoms with E-state index in [4.69, 9.17) is 10.5 Å². The molecule has 16 heavy (non-hydrogen) atoms. The molecule has 0 amide bonds. The van der Waals surface area contributed by atoms with E-state index in [1.54, 1.807) is 7.11 Å². The molecule has 0 spiro atoms. The molecule has 6 heteroatoms. The van der Waals surface area contributed by atoms with Crippen molar-refractivity contribution in [3.8, 4) is 0 Å². The minimum Gasteiger partial charge on any atom is -0.383 e. The van der Waals surface area contributed by atoms with Gasteiger partial charge in [-0.15, -0.1) is 0 Å². The van der Waals surface area contributed by atoms with Crippen LogP contribution in [0.2, 0.25) is 0 Å². The van der Waals surface area contributed by atoms with Gasteiger partial charge in [-0.25, -0.2) is 4.98 Å². The Morgan fingerprint density at radius 3 is 2.69 bits per heavy atom. The smallest absolute Gasteiger partial charge is 0.227 e. The lowest BCUT2D eigenvalue weighted by Gasteiger charge is -2.17. The SMILES string of the molecule is COCc1nc(N2CCCC2)nc(N)c1I. The normalized spacial score (nSPS) is 15.8. The number of anilines is 2. The van der Waals surface area contributed by atoms with Crippen LogP contribution in [-0.4, -0.2) is 30.2 Å². The quantitative estimate of drug-likeness (QED) is 0.847. The number of nitrogens with zero attached hydrogens (tertiary/aromatic N) is 3. The first-order valence-corrected chi connectivity index (χ1v) is 6.36. The molecule has 1 aliphatic heterocycles. The predicted octanol–water partition coefficient (Wildman–Crippen LogP) is 1.41. The van der Waals surface area contributed by atoms with E-state index in [0.717, 1.165) is 28.3 Å². The van der Waals surface area contributed by atoms with Crippen LogP contribution < -0.4 is 10.6 Å². The van der Waals surface area contributed by atoms with Crippen LogP contribution in [0.1, 0.15) is 18.5 Å². The van der Waals surface area contributed by atoms with Crippen LogP contribution in [0.15, 0.2) is 0 Å². The highest BCUT2D eigenvalue weighted by Gasteiger charge is 2.18. The summed E-state index contributed by atoms with van der Waals surface area (Å²) >= 11 is 2.16. The topological polar surface area (TPSA) is 64.3 Å². The zero-order chi connectivity index (χ0) is 11.5. The van der Waals surface area contributed by atoms with Gasteiger partial charge in [-0.1, -0.05) is 0 Å². The van der Waals surface area contributed by atoms with Crippen LogP contribution in [0.3, 0.4) is 0 Å². The number of aromatic nitrogens is 2. The third-order valence-corrected chi connectivity index (χ3v) is 3.78. The Morgan fingerprint density at radius 2 is 2.06 bits per heavy atom. The lowest BCUT2D eigenvalue weighted by molar-refractivity contribution is 0.181. The van der Waals surface area contributed by atoms with Gasteiger partial charge >= 0.3 is 0 Å². The van der Waals surface area contributed by atoms with Crippen molar-refractivity contribution in [3.63, 3.8) is 0 Å². The third kappa shape index (κ3) is 2.37. The lowest BCUT2D eigenvalue weighted by Crippen LogP contribution is -2.22. The summed E-state index contributed by atoms with van der Waals surface area (Å²) in [7, 11) is 1.66. The number of ether oxygens (including phenoxy) is 1. The molecule has 88 valence electrons. The highest BCUT2D eigenvalue weighted by atomic mass is 127. The zero-order valence-corrected chi connectivity index (χ0v) is 11.4. The molecule has 0 unspecified atom stereocenters. The van der Waals surface area contributed by atoms with Crippen LogP contribution in [-0.2, 0) is 11.3 Å². The Bertz CT molecular complexity index is 379. The summed E-state index contributed by atoms with van der Waals surface area (Å²) in [6, 6.07) is 0. The number of nitrogens with two attached hydrogens (primary N) is 1. The molecule has 1 saturated heterocycles. The van der Waals surface area contributed by atoms with E-state index in [9.17, 15) is 0 Å². The van der Waals surface area contributed by atoms with Crippen molar-refractivity contribution in [2.45, 2.75) is 19.4 Å². The van der Waals surface area contributed by atoms with E-state index in [0.29, 0.717) is 12.4 Å². The van der Waals surface area contributed by atoms with Crippen LogP contribution in [0.5, 0.6) is 0 Å². The molecule has 1 aromatic rings. The molecule has 2 rings (SSSR count). The number of hydrogen-bond donors (Lipinski definition) is 1. The van der Waals surface area contributed by atoms with Crippen LogP contribution in [0.4, 0.5) is 11.8 Å². The van der Waals surface area contributed by atoms with Gasteiger partial charge in [0.15, 0.2) is 0 Å². The molecule has 0 saturated carbocycles. The largest absolute Gasteiger partial charge is 0.383 e. The first kappa shape index (κ1) is 11.8. The Labute approximate surface area is 109 Å². The van der Waals surface area contributed by atoms with Crippen molar-refractivity contribution in [2.24, 2.45) is 0 Å². The van der Waals surface area contributed by atoms with Crippen molar-refractivity contribution >= 4 is 34.4 Å². The first-order valence-electron chi connectivity index (χ1n) is 5.28. The monoisotopic (exact) mass is 334 g/mol. The molecular formula is C10H15IN4O. The number of hydrogen-bond acceptors (Lipinski definition) is 5. The van der Waals surface area contributed by atoms with Gasteiger partial charge in [0.2, 0.25) is 5.95 Å². The summed E-state index contributed by atoms with van der Waals surface area (Å²) in [5, 5.41) is 0. The Balaban J connectivity index is 2.31. The maximum atomic E-state index is 5.88. The summed E-state index contributed by atoms with van der Waals surface area (Å²) in [6.07, 6.45) is 2.41. The Hall–Kier alpha value is -0.630. The van der Waals surface area contributed by atoms with Gasteiger partial charge in [-0.05, 0) is 35.4 Å². The maximum Gasteiger partial charge on any atom is 0.227 e. The molecule has 5 nitrogen and oxygen atoms in total. The molecule has 1 aliphatic rings. The van der Waals surface area contributed by atoms with Gasteiger partial charge in [0, 0.05) is 20.2 Å². The number of halogens is 1. The van der Waals surface area contributed by atoms with E-state index >= 15 is 0 Å². The Morgan fingerprint density at radius 1 is 1.38 bits per heavy atom. The van der Waals surface area contributed by atoms with E-state index in [-0.39, 0.29) is 0 Å². The molecule has 0 atom stereocenters. The molecule has 0 radical (unpaired) electrons. The van der Waals surface area contributed by atoms with Crippen LogP contribution >= 0.6 is 22.6 Å². The molecule has 1 fully saturated rings. The van der Waals surface area contributed by atoms with Gasteiger partial charge in [-0.3, -0.25) is 0 Å². The summed E-state index contributed by atoms with van der Waals surface area (Å²) in [6.45, 7) is 2.52. The summed E-state index contributed by atoms with van der Waals surface area (Å²) < 4.78 is 6.00. The molecule has 1 aromatic heterocycles.